The molecule has 8 nitrogen and oxygen atoms in total. The third-order valence-corrected chi connectivity index (χ3v) is 7.10. The summed E-state index contributed by atoms with van der Waals surface area (Å²) < 4.78 is 10.8. The molecule has 2 aliphatic heterocycles. The summed E-state index contributed by atoms with van der Waals surface area (Å²) in [5, 5.41) is 19.4. The van der Waals surface area contributed by atoms with Crippen LogP contribution in [-0.2, 0) is 16.1 Å². The van der Waals surface area contributed by atoms with Crippen LogP contribution in [0, 0.1) is 0 Å². The van der Waals surface area contributed by atoms with Crippen molar-refractivity contribution in [3.05, 3.63) is 22.7 Å². The van der Waals surface area contributed by atoms with E-state index in [2.05, 4.69) is 4.99 Å². The van der Waals surface area contributed by atoms with Crippen LogP contribution in [0.2, 0.25) is 5.02 Å². The molecule has 0 bridgehead atoms. The second kappa shape index (κ2) is 10.6. The van der Waals surface area contributed by atoms with Crippen molar-refractivity contribution in [1.29, 1.82) is 0 Å². The zero-order chi connectivity index (χ0) is 22.4. The SMILES string of the molecule is CCCC1N=CC(SCCCCCC(=O)O)(C(=O)O)N1Cc1cc2c(cc1Cl)OCO2. The monoisotopic (exact) mass is 470 g/mol. The lowest BCUT2D eigenvalue weighted by Gasteiger charge is -2.36. The van der Waals surface area contributed by atoms with Gasteiger partial charge in [-0.25, -0.2) is 9.69 Å². The standard InChI is InChI=1S/C21H27ClN2O6S/c1-2-6-18-23-12-21(20(27)28,31-8-5-3-4-7-19(25)26)24(18)11-14-9-16-17(10-15(14)22)30-13-29-16/h9-10,12,18H,2-8,11,13H2,1H3,(H,25,26)(H,27,28). The van der Waals surface area contributed by atoms with Gasteiger partial charge in [0.15, 0.2) is 11.5 Å². The number of hydrogen-bond donors (Lipinski definition) is 2. The van der Waals surface area contributed by atoms with E-state index in [1.54, 1.807) is 18.3 Å². The van der Waals surface area contributed by atoms with Crippen LogP contribution < -0.4 is 9.47 Å². The predicted molar refractivity (Wildman–Crippen MR) is 119 cm³/mol. The maximum absolute atomic E-state index is 12.4. The minimum absolute atomic E-state index is 0.128. The minimum atomic E-state index is -1.30. The summed E-state index contributed by atoms with van der Waals surface area (Å²) in [4.78, 5) is 28.2. The number of carboxylic acid groups (broad SMARTS) is 2. The predicted octanol–water partition coefficient (Wildman–Crippen LogP) is 4.24. The maximum atomic E-state index is 12.4. The molecular formula is C21H27ClN2O6S. The van der Waals surface area contributed by atoms with Crippen LogP contribution in [0.15, 0.2) is 17.1 Å². The number of benzene rings is 1. The Kier molecular flexibility index (Phi) is 8.07. The minimum Gasteiger partial charge on any atom is -0.481 e. The molecule has 170 valence electrons. The summed E-state index contributed by atoms with van der Waals surface area (Å²) in [5.41, 5.74) is 0.755. The van der Waals surface area contributed by atoms with Crippen LogP contribution in [-0.4, -0.2) is 56.8 Å². The Morgan fingerprint density at radius 1 is 1.26 bits per heavy atom. The van der Waals surface area contributed by atoms with Crippen LogP contribution in [0.3, 0.4) is 0 Å². The molecule has 0 radical (unpaired) electrons. The summed E-state index contributed by atoms with van der Waals surface area (Å²) in [7, 11) is 0. The van der Waals surface area contributed by atoms with Crippen molar-refractivity contribution >= 4 is 41.5 Å². The Bertz CT molecular complexity index is 851. The summed E-state index contributed by atoms with van der Waals surface area (Å²) >= 11 is 7.78. The van der Waals surface area contributed by atoms with Crippen LogP contribution in [0.4, 0.5) is 0 Å². The van der Waals surface area contributed by atoms with E-state index in [0.717, 1.165) is 31.2 Å². The number of nitrogens with zero attached hydrogens (tertiary/aromatic N) is 2. The van der Waals surface area contributed by atoms with Crippen molar-refractivity contribution in [2.75, 3.05) is 12.5 Å². The molecule has 31 heavy (non-hydrogen) atoms. The lowest BCUT2D eigenvalue weighted by Crippen LogP contribution is -2.52. The Morgan fingerprint density at radius 2 is 2.00 bits per heavy atom. The Morgan fingerprint density at radius 3 is 2.68 bits per heavy atom. The summed E-state index contributed by atoms with van der Waals surface area (Å²) in [6.07, 6.45) is 5.05. The normalized spacial score (nSPS) is 22.2. The van der Waals surface area contributed by atoms with Gasteiger partial charge >= 0.3 is 11.9 Å². The fourth-order valence-electron chi connectivity index (χ4n) is 3.68. The van der Waals surface area contributed by atoms with E-state index in [0.29, 0.717) is 35.2 Å². The van der Waals surface area contributed by atoms with E-state index in [4.69, 9.17) is 26.2 Å². The molecule has 1 aromatic rings. The highest BCUT2D eigenvalue weighted by Crippen LogP contribution is 2.42. The molecule has 2 aliphatic rings. The van der Waals surface area contributed by atoms with Crippen molar-refractivity contribution in [1.82, 2.24) is 4.90 Å². The van der Waals surface area contributed by atoms with E-state index in [-0.39, 0.29) is 19.4 Å². The fraction of sp³-hybridized carbons (Fsp3) is 0.571. The number of halogens is 1. The Labute approximate surface area is 190 Å². The number of rotatable bonds is 12. The number of hydrogen-bond acceptors (Lipinski definition) is 7. The molecule has 0 aromatic heterocycles. The summed E-state index contributed by atoms with van der Waals surface area (Å²) in [6, 6.07) is 3.50. The second-order valence-electron chi connectivity index (χ2n) is 7.53. The van der Waals surface area contributed by atoms with E-state index >= 15 is 0 Å². The number of carbonyl (C=O) groups is 2. The van der Waals surface area contributed by atoms with E-state index in [9.17, 15) is 14.7 Å². The molecular weight excluding hydrogens is 444 g/mol. The molecule has 2 atom stereocenters. The van der Waals surface area contributed by atoms with Crippen molar-refractivity contribution in [2.45, 2.75) is 63.0 Å². The van der Waals surface area contributed by atoms with E-state index < -0.39 is 16.8 Å². The number of aliphatic imine (C=N–C) groups is 1. The maximum Gasteiger partial charge on any atom is 0.340 e. The molecule has 0 aliphatic carbocycles. The number of carboxylic acids is 2. The molecule has 0 saturated carbocycles. The van der Waals surface area contributed by atoms with Gasteiger partial charge in [0.25, 0.3) is 0 Å². The highest BCUT2D eigenvalue weighted by molar-refractivity contribution is 8.02. The van der Waals surface area contributed by atoms with Gasteiger partial charge in [-0.1, -0.05) is 31.4 Å². The molecule has 0 spiro atoms. The first-order valence-corrected chi connectivity index (χ1v) is 11.7. The average Bonchev–Trinajstić information content (AvgIpc) is 3.30. The number of fused-ring (bicyclic) bond motifs is 1. The second-order valence-corrected chi connectivity index (χ2v) is 9.25. The van der Waals surface area contributed by atoms with E-state index in [1.807, 2.05) is 11.8 Å². The van der Waals surface area contributed by atoms with Gasteiger partial charge in [0.05, 0.1) is 0 Å². The van der Waals surface area contributed by atoms with E-state index in [1.165, 1.54) is 11.8 Å². The Hall–Kier alpha value is -1.97. The van der Waals surface area contributed by atoms with Gasteiger partial charge in [-0.15, -0.1) is 11.8 Å². The molecule has 0 fully saturated rings. The lowest BCUT2D eigenvalue weighted by molar-refractivity contribution is -0.142. The van der Waals surface area contributed by atoms with Gasteiger partial charge in [0, 0.05) is 30.3 Å². The summed E-state index contributed by atoms with van der Waals surface area (Å²) in [6.45, 7) is 2.48. The first-order valence-electron chi connectivity index (χ1n) is 10.4. The smallest absolute Gasteiger partial charge is 0.340 e. The Balaban J connectivity index is 1.76. The van der Waals surface area contributed by atoms with Crippen molar-refractivity contribution < 1.29 is 29.3 Å². The highest BCUT2D eigenvalue weighted by atomic mass is 35.5. The summed E-state index contributed by atoms with van der Waals surface area (Å²) in [5.74, 6) is -0.0216. The number of aliphatic carboxylic acids is 2. The van der Waals surface area contributed by atoms with Gasteiger partial charge in [0.1, 0.15) is 6.17 Å². The van der Waals surface area contributed by atoms with Gasteiger partial charge in [0.2, 0.25) is 11.7 Å². The van der Waals surface area contributed by atoms with Gasteiger partial charge in [-0.05, 0) is 36.6 Å². The third kappa shape index (κ3) is 5.45. The lowest BCUT2D eigenvalue weighted by atomic mass is 10.1. The van der Waals surface area contributed by atoms with Gasteiger partial charge < -0.3 is 19.7 Å². The molecule has 1 aromatic carbocycles. The quantitative estimate of drug-likeness (QED) is 0.436. The third-order valence-electron chi connectivity index (χ3n) is 5.30. The fourth-order valence-corrected chi connectivity index (χ4v) is 5.17. The number of unbranched alkanes of at least 4 members (excludes halogenated alkanes) is 2. The number of ether oxygens (including phenoxy) is 2. The molecule has 10 heteroatoms. The first-order chi connectivity index (χ1) is 14.9. The van der Waals surface area contributed by atoms with Crippen LogP contribution >= 0.6 is 23.4 Å². The van der Waals surface area contributed by atoms with Crippen molar-refractivity contribution in [3.8, 4) is 11.5 Å². The van der Waals surface area contributed by atoms with Crippen molar-refractivity contribution in [2.24, 2.45) is 4.99 Å². The largest absolute Gasteiger partial charge is 0.481 e. The zero-order valence-electron chi connectivity index (χ0n) is 17.4. The van der Waals surface area contributed by atoms with Crippen LogP contribution in [0.1, 0.15) is 51.0 Å². The first kappa shape index (κ1) is 23.7. The van der Waals surface area contributed by atoms with Crippen molar-refractivity contribution in [3.63, 3.8) is 0 Å². The molecule has 3 rings (SSSR count). The van der Waals surface area contributed by atoms with Gasteiger partial charge in [-0.3, -0.25) is 9.79 Å². The molecule has 2 heterocycles. The molecule has 2 unspecified atom stereocenters. The zero-order valence-corrected chi connectivity index (χ0v) is 19.0. The topological polar surface area (TPSA) is 109 Å². The average molecular weight is 471 g/mol. The molecule has 0 amide bonds. The van der Waals surface area contributed by atoms with Crippen LogP contribution in [0.5, 0.6) is 11.5 Å². The van der Waals surface area contributed by atoms with Gasteiger partial charge in [-0.2, -0.15) is 0 Å². The molecule has 2 N–H and O–H groups in total. The number of thioether (sulfide) groups is 1. The molecule has 0 saturated heterocycles. The highest BCUT2D eigenvalue weighted by Gasteiger charge is 2.50. The van der Waals surface area contributed by atoms with Crippen LogP contribution in [0.25, 0.3) is 0 Å².